The molecule has 1 aliphatic rings. The van der Waals surface area contributed by atoms with Gasteiger partial charge >= 0.3 is 5.97 Å². The highest BCUT2D eigenvalue weighted by atomic mass is 32.1. The van der Waals surface area contributed by atoms with E-state index in [0.29, 0.717) is 6.54 Å². The Morgan fingerprint density at radius 3 is 2.56 bits per heavy atom. The monoisotopic (exact) mass is 270 g/mol. The second-order valence-electron chi connectivity index (χ2n) is 4.50. The van der Waals surface area contributed by atoms with E-state index in [1.807, 2.05) is 22.4 Å². The van der Waals surface area contributed by atoms with Gasteiger partial charge in [-0.25, -0.2) is 0 Å². The van der Waals surface area contributed by atoms with E-state index < -0.39 is 12.1 Å². The van der Waals surface area contributed by atoms with Crippen molar-refractivity contribution in [3.8, 4) is 0 Å². The van der Waals surface area contributed by atoms with E-state index in [4.69, 9.17) is 5.11 Å². The van der Waals surface area contributed by atoms with Gasteiger partial charge in [-0.1, -0.05) is 6.07 Å². The second kappa shape index (κ2) is 6.29. The van der Waals surface area contributed by atoms with Crippen LogP contribution in [-0.2, 0) is 4.79 Å². The van der Waals surface area contributed by atoms with Crippen LogP contribution in [0.15, 0.2) is 17.5 Å². The summed E-state index contributed by atoms with van der Waals surface area (Å²) in [6.45, 7) is 3.88. The number of β-amino-alcohol motifs (C(OH)–C–C–N with tert-alkyl or cyclic N) is 1. The Kier molecular flexibility index (Phi) is 4.71. The van der Waals surface area contributed by atoms with Crippen LogP contribution in [-0.4, -0.2) is 65.3 Å². The molecule has 1 aromatic heterocycles. The van der Waals surface area contributed by atoms with Crippen molar-refractivity contribution in [1.29, 1.82) is 0 Å². The summed E-state index contributed by atoms with van der Waals surface area (Å²) in [4.78, 5) is 15.7. The van der Waals surface area contributed by atoms with Crippen molar-refractivity contribution in [3.63, 3.8) is 0 Å². The smallest absolute Gasteiger partial charge is 0.317 e. The van der Waals surface area contributed by atoms with Crippen molar-refractivity contribution in [2.45, 2.75) is 6.10 Å². The highest BCUT2D eigenvalue weighted by molar-refractivity contribution is 7.10. The molecule has 2 heterocycles. The maximum Gasteiger partial charge on any atom is 0.317 e. The van der Waals surface area contributed by atoms with Gasteiger partial charge < -0.3 is 10.2 Å². The molecule has 0 spiro atoms. The maximum absolute atomic E-state index is 10.6. The third kappa shape index (κ3) is 3.78. The van der Waals surface area contributed by atoms with Crippen LogP contribution < -0.4 is 0 Å². The Morgan fingerprint density at radius 2 is 2.00 bits per heavy atom. The summed E-state index contributed by atoms with van der Waals surface area (Å²) in [6, 6.07) is 3.88. The van der Waals surface area contributed by atoms with E-state index in [1.54, 1.807) is 11.3 Å². The Bertz CT molecular complexity index is 375. The number of carboxylic acid groups (broad SMARTS) is 1. The van der Waals surface area contributed by atoms with E-state index >= 15 is 0 Å². The van der Waals surface area contributed by atoms with Crippen LogP contribution in [0.5, 0.6) is 0 Å². The molecule has 2 rings (SSSR count). The van der Waals surface area contributed by atoms with E-state index in [2.05, 4.69) is 4.90 Å². The lowest BCUT2D eigenvalue weighted by atomic mass is 10.2. The predicted octanol–water partition coefficient (Wildman–Crippen LogP) is 0.484. The van der Waals surface area contributed by atoms with Crippen molar-refractivity contribution in [3.05, 3.63) is 22.4 Å². The Morgan fingerprint density at radius 1 is 1.33 bits per heavy atom. The second-order valence-corrected chi connectivity index (χ2v) is 5.48. The Balaban J connectivity index is 1.75. The van der Waals surface area contributed by atoms with Gasteiger partial charge in [-0.15, -0.1) is 11.3 Å². The van der Waals surface area contributed by atoms with E-state index in [-0.39, 0.29) is 6.54 Å². The van der Waals surface area contributed by atoms with Gasteiger partial charge in [-0.2, -0.15) is 0 Å². The summed E-state index contributed by atoms with van der Waals surface area (Å²) in [5.41, 5.74) is 0. The lowest BCUT2D eigenvalue weighted by Gasteiger charge is -2.34. The number of thiophene rings is 1. The van der Waals surface area contributed by atoms with Gasteiger partial charge in [-0.05, 0) is 11.4 Å². The Hall–Kier alpha value is -0.950. The molecule has 6 heteroatoms. The molecule has 0 radical (unpaired) electrons. The summed E-state index contributed by atoms with van der Waals surface area (Å²) in [5, 5.41) is 20.7. The van der Waals surface area contributed by atoms with Crippen molar-refractivity contribution < 1.29 is 15.0 Å². The topological polar surface area (TPSA) is 64.0 Å². The zero-order valence-electron chi connectivity index (χ0n) is 10.2. The van der Waals surface area contributed by atoms with Crippen LogP contribution in [0.1, 0.15) is 11.0 Å². The summed E-state index contributed by atoms with van der Waals surface area (Å²) < 4.78 is 0. The van der Waals surface area contributed by atoms with Crippen molar-refractivity contribution in [2.75, 3.05) is 39.3 Å². The number of aliphatic hydroxyl groups is 1. The first-order valence-electron chi connectivity index (χ1n) is 6.03. The number of piperazine rings is 1. The highest BCUT2D eigenvalue weighted by Crippen LogP contribution is 2.20. The molecule has 1 saturated heterocycles. The molecule has 1 unspecified atom stereocenters. The van der Waals surface area contributed by atoms with E-state index in [9.17, 15) is 9.90 Å². The standard InChI is InChI=1S/C12H18N2O3S/c15-10(11-2-1-7-18-11)8-13-3-5-14(6-4-13)9-12(16)17/h1-2,7,10,15H,3-6,8-9H2,(H,16,17). The van der Waals surface area contributed by atoms with Gasteiger partial charge in [0.1, 0.15) is 6.10 Å². The molecule has 100 valence electrons. The molecule has 1 fully saturated rings. The normalized spacial score (nSPS) is 19.8. The molecular formula is C12H18N2O3S. The van der Waals surface area contributed by atoms with Crippen LogP contribution in [0.2, 0.25) is 0 Å². The molecule has 1 aromatic rings. The summed E-state index contributed by atoms with van der Waals surface area (Å²) in [7, 11) is 0. The first-order valence-corrected chi connectivity index (χ1v) is 6.91. The predicted molar refractivity (Wildman–Crippen MR) is 69.8 cm³/mol. The fraction of sp³-hybridized carbons (Fsp3) is 0.583. The van der Waals surface area contributed by atoms with Gasteiger partial charge in [0.25, 0.3) is 0 Å². The molecule has 0 amide bonds. The van der Waals surface area contributed by atoms with Gasteiger partial charge in [0, 0.05) is 37.6 Å². The average Bonchev–Trinajstić information content (AvgIpc) is 2.84. The zero-order chi connectivity index (χ0) is 13.0. The fourth-order valence-corrected chi connectivity index (χ4v) is 2.84. The lowest BCUT2D eigenvalue weighted by Crippen LogP contribution is -2.48. The largest absolute Gasteiger partial charge is 0.480 e. The minimum absolute atomic E-state index is 0.112. The molecule has 0 aromatic carbocycles. The number of aliphatic carboxylic acids is 1. The molecule has 2 N–H and O–H groups in total. The summed E-state index contributed by atoms with van der Waals surface area (Å²) >= 11 is 1.56. The molecule has 1 atom stereocenters. The van der Waals surface area contributed by atoms with Gasteiger partial charge in [0.2, 0.25) is 0 Å². The number of hydrogen-bond acceptors (Lipinski definition) is 5. The minimum Gasteiger partial charge on any atom is -0.480 e. The number of nitrogens with zero attached hydrogens (tertiary/aromatic N) is 2. The third-order valence-electron chi connectivity index (χ3n) is 3.13. The van der Waals surface area contributed by atoms with Crippen molar-refractivity contribution in [1.82, 2.24) is 9.80 Å². The van der Waals surface area contributed by atoms with E-state index in [1.165, 1.54) is 0 Å². The molecule has 5 nitrogen and oxygen atoms in total. The lowest BCUT2D eigenvalue weighted by molar-refractivity contribution is -0.138. The van der Waals surface area contributed by atoms with Crippen LogP contribution in [0, 0.1) is 0 Å². The molecule has 0 saturated carbocycles. The highest BCUT2D eigenvalue weighted by Gasteiger charge is 2.21. The number of aliphatic hydroxyl groups excluding tert-OH is 1. The fourth-order valence-electron chi connectivity index (χ4n) is 2.14. The first-order chi connectivity index (χ1) is 8.65. The number of rotatable bonds is 5. The zero-order valence-corrected chi connectivity index (χ0v) is 11.0. The molecule has 1 aliphatic heterocycles. The number of hydrogen-bond donors (Lipinski definition) is 2. The van der Waals surface area contributed by atoms with Gasteiger partial charge in [-0.3, -0.25) is 14.6 Å². The summed E-state index contributed by atoms with van der Waals surface area (Å²) in [6.07, 6.45) is -0.434. The molecule has 0 aliphatic carbocycles. The van der Waals surface area contributed by atoms with E-state index in [0.717, 1.165) is 31.1 Å². The van der Waals surface area contributed by atoms with Crippen LogP contribution in [0.25, 0.3) is 0 Å². The Labute approximate surface area is 110 Å². The van der Waals surface area contributed by atoms with Gasteiger partial charge in [0.15, 0.2) is 0 Å². The van der Waals surface area contributed by atoms with Crippen LogP contribution in [0.3, 0.4) is 0 Å². The summed E-state index contributed by atoms with van der Waals surface area (Å²) in [5.74, 6) is -0.776. The van der Waals surface area contributed by atoms with Gasteiger partial charge in [0.05, 0.1) is 6.54 Å². The van der Waals surface area contributed by atoms with Crippen molar-refractivity contribution >= 4 is 17.3 Å². The molecule has 18 heavy (non-hydrogen) atoms. The average molecular weight is 270 g/mol. The SMILES string of the molecule is O=C(O)CN1CCN(CC(O)c2cccs2)CC1. The quantitative estimate of drug-likeness (QED) is 0.815. The van der Waals surface area contributed by atoms with Crippen molar-refractivity contribution in [2.24, 2.45) is 0 Å². The van der Waals surface area contributed by atoms with Crippen LogP contribution >= 0.6 is 11.3 Å². The number of carboxylic acids is 1. The third-order valence-corrected chi connectivity index (χ3v) is 4.10. The minimum atomic E-state index is -0.776. The molecular weight excluding hydrogens is 252 g/mol. The van der Waals surface area contributed by atoms with Crippen LogP contribution in [0.4, 0.5) is 0 Å². The maximum atomic E-state index is 10.6. The molecule has 0 bridgehead atoms. The number of carbonyl (C=O) groups is 1. The first kappa shape index (κ1) is 13.5.